The largest absolute Gasteiger partial charge is 0.491 e. The molecule has 0 saturated heterocycles. The molecule has 110 valence electrons. The number of nitrogens with two attached hydrogens (primary N) is 1. The first-order valence-corrected chi connectivity index (χ1v) is 8.31. The van der Waals surface area contributed by atoms with Gasteiger partial charge in [0.05, 0.1) is 5.02 Å². The molecule has 0 amide bonds. The molecule has 21 heavy (non-hydrogen) atoms. The molecule has 2 nitrogen and oxygen atoms in total. The van der Waals surface area contributed by atoms with Crippen LogP contribution in [0, 0.1) is 0 Å². The van der Waals surface area contributed by atoms with Crippen molar-refractivity contribution in [2.24, 2.45) is 5.73 Å². The van der Waals surface area contributed by atoms with Crippen LogP contribution in [0.15, 0.2) is 47.4 Å². The molecule has 0 spiro atoms. The fourth-order valence-electron chi connectivity index (χ4n) is 2.45. The van der Waals surface area contributed by atoms with Gasteiger partial charge in [-0.2, -0.15) is 0 Å². The first kappa shape index (κ1) is 14.8. The van der Waals surface area contributed by atoms with Crippen molar-refractivity contribution in [1.82, 2.24) is 0 Å². The Bertz CT molecular complexity index is 619. The van der Waals surface area contributed by atoms with Crippen molar-refractivity contribution in [3.05, 3.63) is 58.6 Å². The summed E-state index contributed by atoms with van der Waals surface area (Å²) < 4.78 is 5.89. The van der Waals surface area contributed by atoms with Crippen molar-refractivity contribution in [3.63, 3.8) is 0 Å². The second kappa shape index (κ2) is 6.30. The molecule has 0 bridgehead atoms. The minimum Gasteiger partial charge on any atom is -0.491 e. The van der Waals surface area contributed by atoms with Gasteiger partial charge in [0.1, 0.15) is 12.4 Å². The second-order valence-electron chi connectivity index (χ2n) is 5.34. The zero-order chi connectivity index (χ0) is 14.8. The fourth-order valence-corrected chi connectivity index (χ4v) is 3.91. The Labute approximate surface area is 134 Å². The van der Waals surface area contributed by atoms with E-state index >= 15 is 0 Å². The Kier molecular flexibility index (Phi) is 4.43. The number of hydrogen-bond acceptors (Lipinski definition) is 3. The van der Waals surface area contributed by atoms with Crippen LogP contribution in [-0.4, -0.2) is 11.9 Å². The molecule has 2 aromatic rings. The van der Waals surface area contributed by atoms with Crippen molar-refractivity contribution in [1.29, 1.82) is 0 Å². The summed E-state index contributed by atoms with van der Waals surface area (Å²) in [5.74, 6) is 0.734. The third-order valence-electron chi connectivity index (χ3n) is 3.62. The predicted octanol–water partition coefficient (Wildman–Crippen LogP) is 4.46. The average molecular weight is 320 g/mol. The number of ether oxygens (including phenoxy) is 1. The number of hydrogen-bond donors (Lipinski definition) is 1. The van der Waals surface area contributed by atoms with Gasteiger partial charge in [-0.25, -0.2) is 0 Å². The Morgan fingerprint density at radius 1 is 1.33 bits per heavy atom. The van der Waals surface area contributed by atoms with Crippen LogP contribution in [0.2, 0.25) is 5.02 Å². The smallest absolute Gasteiger partial charge is 0.137 e. The third-order valence-corrected chi connectivity index (χ3v) is 5.20. The van der Waals surface area contributed by atoms with E-state index in [1.807, 2.05) is 36.9 Å². The molecule has 2 N–H and O–H groups in total. The molecular weight excluding hydrogens is 302 g/mol. The van der Waals surface area contributed by atoms with Crippen LogP contribution < -0.4 is 10.5 Å². The van der Waals surface area contributed by atoms with Crippen LogP contribution in [0.1, 0.15) is 24.1 Å². The lowest BCUT2D eigenvalue weighted by Gasteiger charge is -2.14. The van der Waals surface area contributed by atoms with E-state index in [2.05, 4.69) is 24.3 Å². The van der Waals surface area contributed by atoms with Gasteiger partial charge in [-0.1, -0.05) is 35.9 Å². The van der Waals surface area contributed by atoms with E-state index in [-0.39, 0.29) is 6.04 Å². The molecular formula is C17H18ClNOS. The van der Waals surface area contributed by atoms with Crippen LogP contribution in [0.25, 0.3) is 0 Å². The summed E-state index contributed by atoms with van der Waals surface area (Å²) in [6.07, 6.45) is 1.05. The molecule has 3 rings (SSSR count). The van der Waals surface area contributed by atoms with E-state index in [0.29, 0.717) is 16.9 Å². The van der Waals surface area contributed by atoms with Gasteiger partial charge in [-0.15, -0.1) is 11.8 Å². The van der Waals surface area contributed by atoms with Gasteiger partial charge in [0.15, 0.2) is 0 Å². The quantitative estimate of drug-likeness (QED) is 0.904. The molecule has 0 fully saturated rings. The van der Waals surface area contributed by atoms with E-state index < -0.39 is 0 Å². The van der Waals surface area contributed by atoms with Crippen LogP contribution in [0.3, 0.4) is 0 Å². The summed E-state index contributed by atoms with van der Waals surface area (Å²) >= 11 is 8.14. The number of halogens is 1. The van der Waals surface area contributed by atoms with Crippen molar-refractivity contribution >= 4 is 23.4 Å². The summed E-state index contributed by atoms with van der Waals surface area (Å²) in [6.45, 7) is 2.61. The van der Waals surface area contributed by atoms with Gasteiger partial charge >= 0.3 is 0 Å². The highest BCUT2D eigenvalue weighted by Gasteiger charge is 2.22. The van der Waals surface area contributed by atoms with E-state index in [0.717, 1.165) is 17.7 Å². The Balaban J connectivity index is 1.62. The average Bonchev–Trinajstić information content (AvgIpc) is 2.88. The predicted molar refractivity (Wildman–Crippen MR) is 89.3 cm³/mol. The summed E-state index contributed by atoms with van der Waals surface area (Å²) in [7, 11) is 0. The van der Waals surface area contributed by atoms with Gasteiger partial charge in [-0.05, 0) is 42.7 Å². The van der Waals surface area contributed by atoms with Gasteiger partial charge in [0, 0.05) is 16.2 Å². The topological polar surface area (TPSA) is 35.2 Å². The first-order chi connectivity index (χ1) is 10.1. The van der Waals surface area contributed by atoms with Crippen LogP contribution in [-0.2, 0) is 6.42 Å². The van der Waals surface area contributed by atoms with Gasteiger partial charge < -0.3 is 10.5 Å². The highest BCUT2D eigenvalue weighted by Crippen LogP contribution is 2.37. The van der Waals surface area contributed by atoms with Crippen molar-refractivity contribution < 1.29 is 4.74 Å². The lowest BCUT2D eigenvalue weighted by molar-refractivity contribution is 0.317. The minimum absolute atomic E-state index is 0.0172. The maximum atomic E-state index is 6.26. The van der Waals surface area contributed by atoms with Gasteiger partial charge in [-0.3, -0.25) is 0 Å². The molecule has 4 heteroatoms. The zero-order valence-electron chi connectivity index (χ0n) is 11.9. The summed E-state index contributed by atoms with van der Waals surface area (Å²) in [5, 5.41) is 1.08. The molecule has 0 radical (unpaired) electrons. The van der Waals surface area contributed by atoms with Crippen molar-refractivity contribution in [2.45, 2.75) is 29.5 Å². The minimum atomic E-state index is -0.0172. The summed E-state index contributed by atoms with van der Waals surface area (Å²) in [5.41, 5.74) is 8.29. The molecule has 0 saturated carbocycles. The molecule has 1 aliphatic rings. The number of benzene rings is 2. The lowest BCUT2D eigenvalue weighted by atomic mass is 10.1. The molecule has 2 atom stereocenters. The van der Waals surface area contributed by atoms with E-state index in [4.69, 9.17) is 22.1 Å². The second-order valence-corrected chi connectivity index (χ2v) is 7.09. The Hall–Kier alpha value is -1.16. The highest BCUT2D eigenvalue weighted by atomic mass is 35.5. The SMILES string of the molecule is C[C@@H](N)c1ccc(OCC2Cc3ccccc3S2)c(Cl)c1. The number of thioether (sulfide) groups is 1. The number of fused-ring (bicyclic) bond motifs is 1. The van der Waals surface area contributed by atoms with Gasteiger partial charge in [0.2, 0.25) is 0 Å². The molecule has 1 heterocycles. The lowest BCUT2D eigenvalue weighted by Crippen LogP contribution is -2.13. The van der Waals surface area contributed by atoms with Crippen molar-refractivity contribution in [3.8, 4) is 5.75 Å². The molecule has 1 unspecified atom stereocenters. The molecule has 2 aromatic carbocycles. The van der Waals surface area contributed by atoms with Gasteiger partial charge in [0.25, 0.3) is 0 Å². The fraction of sp³-hybridized carbons (Fsp3) is 0.294. The zero-order valence-corrected chi connectivity index (χ0v) is 13.5. The molecule has 0 aliphatic carbocycles. The maximum Gasteiger partial charge on any atom is 0.137 e. The monoisotopic (exact) mass is 319 g/mol. The normalized spacial score (nSPS) is 18.3. The molecule has 0 aromatic heterocycles. The number of rotatable bonds is 4. The summed E-state index contributed by atoms with van der Waals surface area (Å²) in [4.78, 5) is 1.37. The van der Waals surface area contributed by atoms with Crippen LogP contribution >= 0.6 is 23.4 Å². The summed E-state index contributed by atoms with van der Waals surface area (Å²) in [6, 6.07) is 14.3. The van der Waals surface area contributed by atoms with E-state index in [1.54, 1.807) is 0 Å². The van der Waals surface area contributed by atoms with Crippen LogP contribution in [0.5, 0.6) is 5.75 Å². The maximum absolute atomic E-state index is 6.26. The Morgan fingerprint density at radius 2 is 2.14 bits per heavy atom. The van der Waals surface area contributed by atoms with E-state index in [9.17, 15) is 0 Å². The highest BCUT2D eigenvalue weighted by molar-refractivity contribution is 8.00. The first-order valence-electron chi connectivity index (χ1n) is 7.06. The van der Waals surface area contributed by atoms with Crippen molar-refractivity contribution in [2.75, 3.05) is 6.61 Å². The third kappa shape index (κ3) is 3.37. The Morgan fingerprint density at radius 3 is 2.86 bits per heavy atom. The molecule has 1 aliphatic heterocycles. The van der Waals surface area contributed by atoms with Crippen LogP contribution in [0.4, 0.5) is 0 Å². The van der Waals surface area contributed by atoms with E-state index in [1.165, 1.54) is 10.5 Å². The standard InChI is InChI=1S/C17H18ClNOS/c1-11(19)12-6-7-16(15(18)9-12)20-10-14-8-13-4-2-3-5-17(13)21-14/h2-7,9,11,14H,8,10,19H2,1H3/t11-,14?/m1/s1.